The number of amides is 1. The van der Waals surface area contributed by atoms with E-state index in [0.717, 1.165) is 58.3 Å². The molecule has 0 spiro atoms. The second-order valence-electron chi connectivity index (χ2n) is 7.71. The summed E-state index contributed by atoms with van der Waals surface area (Å²) in [5.74, 6) is 1.63. The maximum atomic E-state index is 12.6. The van der Waals surface area contributed by atoms with Crippen LogP contribution in [0.5, 0.6) is 11.5 Å². The molecule has 32 heavy (non-hydrogen) atoms. The first-order valence-electron chi connectivity index (χ1n) is 10.8. The Hall–Kier alpha value is -2.90. The molecule has 168 valence electrons. The van der Waals surface area contributed by atoms with Crippen molar-refractivity contribution in [3.8, 4) is 22.8 Å². The minimum absolute atomic E-state index is 0.0199. The van der Waals surface area contributed by atoms with Gasteiger partial charge in [0.15, 0.2) is 6.61 Å². The molecule has 0 unspecified atom stereocenters. The normalized spacial score (nSPS) is 13.1. The van der Waals surface area contributed by atoms with Gasteiger partial charge in [0.25, 0.3) is 5.91 Å². The van der Waals surface area contributed by atoms with Gasteiger partial charge in [0.2, 0.25) is 0 Å². The molecule has 1 aromatic heterocycles. The van der Waals surface area contributed by atoms with Crippen LogP contribution in [-0.2, 0) is 16.0 Å². The molecule has 0 fully saturated rings. The van der Waals surface area contributed by atoms with Gasteiger partial charge in [-0.1, -0.05) is 18.2 Å². The van der Waals surface area contributed by atoms with Crippen molar-refractivity contribution < 1.29 is 19.0 Å². The van der Waals surface area contributed by atoms with Crippen LogP contribution in [0.3, 0.4) is 0 Å². The monoisotopic (exact) mass is 452 g/mol. The van der Waals surface area contributed by atoms with Gasteiger partial charge in [-0.15, -0.1) is 11.3 Å². The summed E-state index contributed by atoms with van der Waals surface area (Å²) < 4.78 is 16.7. The number of carbonyl (C=O) groups is 1. The highest BCUT2D eigenvalue weighted by Crippen LogP contribution is 2.36. The third kappa shape index (κ3) is 5.29. The topological polar surface area (TPSA) is 60.9 Å². The van der Waals surface area contributed by atoms with Gasteiger partial charge in [-0.25, -0.2) is 4.98 Å². The molecule has 0 radical (unpaired) electrons. The van der Waals surface area contributed by atoms with Crippen molar-refractivity contribution in [1.82, 2.24) is 4.98 Å². The maximum absolute atomic E-state index is 12.6. The van der Waals surface area contributed by atoms with E-state index >= 15 is 0 Å². The molecule has 6 nitrogen and oxygen atoms in total. The number of thiazole rings is 1. The molecule has 3 aromatic rings. The molecule has 0 saturated carbocycles. The molecule has 0 N–H and O–H groups in total. The van der Waals surface area contributed by atoms with Crippen LogP contribution in [0.2, 0.25) is 0 Å². The van der Waals surface area contributed by atoms with Crippen molar-refractivity contribution >= 4 is 22.9 Å². The van der Waals surface area contributed by atoms with Gasteiger partial charge >= 0.3 is 0 Å². The van der Waals surface area contributed by atoms with Gasteiger partial charge in [0, 0.05) is 31.0 Å². The molecule has 0 bridgehead atoms. The number of nitrogens with zero attached hydrogens (tertiary/aromatic N) is 2. The van der Waals surface area contributed by atoms with E-state index in [-0.39, 0.29) is 12.5 Å². The summed E-state index contributed by atoms with van der Waals surface area (Å²) in [6.45, 7) is 4.02. The zero-order chi connectivity index (χ0) is 22.3. The highest BCUT2D eigenvalue weighted by molar-refractivity contribution is 7.09. The lowest BCUT2D eigenvalue weighted by Gasteiger charge is -2.29. The van der Waals surface area contributed by atoms with Gasteiger partial charge in [-0.3, -0.25) is 4.79 Å². The first-order chi connectivity index (χ1) is 15.7. The number of methoxy groups -OCH3 is 1. The first-order valence-corrected chi connectivity index (χ1v) is 11.7. The summed E-state index contributed by atoms with van der Waals surface area (Å²) in [7, 11) is 1.69. The van der Waals surface area contributed by atoms with Crippen LogP contribution < -0.4 is 14.4 Å². The quantitative estimate of drug-likeness (QED) is 0.410. The van der Waals surface area contributed by atoms with E-state index in [4.69, 9.17) is 19.2 Å². The molecule has 0 atom stereocenters. The highest BCUT2D eigenvalue weighted by atomic mass is 32.1. The fourth-order valence-electron chi connectivity index (χ4n) is 3.63. The van der Waals surface area contributed by atoms with Gasteiger partial charge in [-0.2, -0.15) is 0 Å². The van der Waals surface area contributed by atoms with E-state index in [1.54, 1.807) is 18.4 Å². The number of rotatable bonds is 10. The Bertz CT molecular complexity index is 1070. The number of ether oxygens (including phenoxy) is 3. The Morgan fingerprint density at radius 2 is 2.03 bits per heavy atom. The number of aromatic nitrogens is 1. The predicted molar refractivity (Wildman–Crippen MR) is 127 cm³/mol. The molecule has 1 amide bonds. The highest BCUT2D eigenvalue weighted by Gasteiger charge is 2.25. The van der Waals surface area contributed by atoms with Gasteiger partial charge < -0.3 is 19.1 Å². The smallest absolute Gasteiger partial charge is 0.265 e. The Kier molecular flexibility index (Phi) is 7.39. The average molecular weight is 453 g/mol. The molecule has 0 aliphatic carbocycles. The number of fused-ring (bicyclic) bond motifs is 1. The average Bonchev–Trinajstić information content (AvgIpc) is 3.28. The summed E-state index contributed by atoms with van der Waals surface area (Å²) in [5.41, 5.74) is 3.83. The van der Waals surface area contributed by atoms with E-state index in [2.05, 4.69) is 0 Å². The van der Waals surface area contributed by atoms with Crippen LogP contribution in [0.15, 0.2) is 47.8 Å². The van der Waals surface area contributed by atoms with Crippen molar-refractivity contribution in [3.63, 3.8) is 0 Å². The minimum Gasteiger partial charge on any atom is -0.493 e. The minimum atomic E-state index is -0.0199. The molecule has 1 aliphatic heterocycles. The van der Waals surface area contributed by atoms with Crippen LogP contribution in [0.4, 0.5) is 5.69 Å². The van der Waals surface area contributed by atoms with Crippen LogP contribution in [0, 0.1) is 6.92 Å². The second kappa shape index (κ2) is 10.6. The summed E-state index contributed by atoms with van der Waals surface area (Å²) in [6, 6.07) is 13.9. The summed E-state index contributed by atoms with van der Waals surface area (Å²) in [4.78, 5) is 19.1. The number of hydrogen-bond acceptors (Lipinski definition) is 6. The Morgan fingerprint density at radius 1 is 1.16 bits per heavy atom. The van der Waals surface area contributed by atoms with Crippen molar-refractivity contribution in [1.29, 1.82) is 0 Å². The molecular formula is C25H28N2O4S. The lowest BCUT2D eigenvalue weighted by Crippen LogP contribution is -2.39. The fraction of sp³-hybridized carbons (Fsp3) is 0.360. The van der Waals surface area contributed by atoms with Crippen LogP contribution in [0.25, 0.3) is 11.3 Å². The standard InChI is InChI=1S/C25H28N2O4S/c1-18-7-3-4-8-22(18)30-13-6-5-12-27-21-15-19(9-10-23(21)31-16-25(27)28)20-17-32-24(26-20)11-14-29-2/h3-4,7-10,15,17H,5-6,11-14,16H2,1-2H3. The number of aryl methyl sites for hydroxylation is 1. The molecular weight excluding hydrogens is 424 g/mol. The van der Waals surface area contributed by atoms with Gasteiger partial charge in [0.1, 0.15) is 11.5 Å². The van der Waals surface area contributed by atoms with Crippen LogP contribution in [-0.4, -0.2) is 44.4 Å². The lowest BCUT2D eigenvalue weighted by molar-refractivity contribution is -0.121. The molecule has 2 heterocycles. The third-order valence-electron chi connectivity index (χ3n) is 5.40. The first kappa shape index (κ1) is 22.3. The fourth-order valence-corrected chi connectivity index (χ4v) is 4.42. The Labute approximate surface area is 192 Å². The number of anilines is 1. The molecule has 1 aliphatic rings. The van der Waals surface area contributed by atoms with Crippen molar-refractivity contribution in [3.05, 3.63) is 58.4 Å². The maximum Gasteiger partial charge on any atom is 0.265 e. The van der Waals surface area contributed by atoms with Crippen LogP contribution >= 0.6 is 11.3 Å². The lowest BCUT2D eigenvalue weighted by atomic mass is 10.1. The number of carbonyl (C=O) groups excluding carboxylic acids is 1. The van der Waals surface area contributed by atoms with E-state index in [1.807, 2.05) is 59.7 Å². The second-order valence-corrected chi connectivity index (χ2v) is 8.65. The predicted octanol–water partition coefficient (Wildman–Crippen LogP) is 4.89. The molecule has 0 saturated heterocycles. The van der Waals surface area contributed by atoms with Crippen molar-refractivity contribution in [2.24, 2.45) is 0 Å². The van der Waals surface area contributed by atoms with Gasteiger partial charge in [0.05, 0.1) is 29.6 Å². The molecule has 7 heteroatoms. The SMILES string of the molecule is COCCc1nc(-c2ccc3c(c2)N(CCCCOc2ccccc2C)C(=O)CO3)cs1. The largest absolute Gasteiger partial charge is 0.493 e. The zero-order valence-corrected chi connectivity index (χ0v) is 19.3. The number of para-hydroxylation sites is 1. The van der Waals surface area contributed by atoms with E-state index < -0.39 is 0 Å². The Balaban J connectivity index is 1.39. The van der Waals surface area contributed by atoms with E-state index in [0.29, 0.717) is 19.8 Å². The third-order valence-corrected chi connectivity index (χ3v) is 6.31. The van der Waals surface area contributed by atoms with Crippen LogP contribution in [0.1, 0.15) is 23.4 Å². The van der Waals surface area contributed by atoms with E-state index in [9.17, 15) is 4.79 Å². The Morgan fingerprint density at radius 3 is 2.88 bits per heavy atom. The molecule has 4 rings (SSSR count). The number of unbranched alkanes of at least 4 members (excludes halogenated alkanes) is 1. The summed E-state index contributed by atoms with van der Waals surface area (Å²) in [5, 5.41) is 3.09. The number of hydrogen-bond donors (Lipinski definition) is 0. The number of benzene rings is 2. The molecule has 2 aromatic carbocycles. The van der Waals surface area contributed by atoms with Gasteiger partial charge in [-0.05, 0) is 49.6 Å². The van der Waals surface area contributed by atoms with Crippen molar-refractivity contribution in [2.75, 3.05) is 38.4 Å². The van der Waals surface area contributed by atoms with Crippen molar-refractivity contribution in [2.45, 2.75) is 26.2 Å². The van der Waals surface area contributed by atoms with E-state index in [1.165, 1.54) is 0 Å². The summed E-state index contributed by atoms with van der Waals surface area (Å²) >= 11 is 1.62. The zero-order valence-electron chi connectivity index (χ0n) is 18.5. The summed E-state index contributed by atoms with van der Waals surface area (Å²) in [6.07, 6.45) is 2.51.